The average Bonchev–Trinajstić information content (AvgIpc) is 3.27. The van der Waals surface area contributed by atoms with Crippen molar-refractivity contribution in [2.45, 2.75) is 37.1 Å². The molecule has 4 atom stereocenters. The van der Waals surface area contributed by atoms with E-state index in [9.17, 15) is 14.9 Å². The third-order valence-electron chi connectivity index (χ3n) is 6.53. The monoisotopic (exact) mass is 507 g/mol. The van der Waals surface area contributed by atoms with Crippen LogP contribution >= 0.6 is 15.9 Å². The molecule has 0 unspecified atom stereocenters. The van der Waals surface area contributed by atoms with Crippen molar-refractivity contribution < 1.29 is 14.5 Å². The van der Waals surface area contributed by atoms with Gasteiger partial charge >= 0.3 is 0 Å². The van der Waals surface area contributed by atoms with Gasteiger partial charge in [-0.25, -0.2) is 0 Å². The number of anilines is 1. The zero-order valence-electron chi connectivity index (χ0n) is 17.8. The molecule has 5 rings (SSSR count). The Hall–Kier alpha value is -3.23. The number of carbonyl (C=O) groups excluding carboxylic acids is 1. The molecule has 2 N–H and O–H groups in total. The number of ether oxygens (including phenoxy) is 1. The summed E-state index contributed by atoms with van der Waals surface area (Å²) in [5, 5.41) is 18.7. The van der Waals surface area contributed by atoms with Crippen molar-refractivity contribution in [3.63, 3.8) is 0 Å². The Morgan fingerprint density at radius 2 is 1.82 bits per heavy atom. The maximum absolute atomic E-state index is 13.2. The van der Waals surface area contributed by atoms with Crippen LogP contribution < -0.4 is 15.4 Å². The predicted molar refractivity (Wildman–Crippen MR) is 128 cm³/mol. The Labute approximate surface area is 199 Å². The van der Waals surface area contributed by atoms with E-state index >= 15 is 0 Å². The number of hydrogen-bond donors (Lipinski definition) is 2. The topological polar surface area (TPSA) is 93.5 Å². The molecule has 3 aromatic rings. The lowest BCUT2D eigenvalue weighted by Crippen LogP contribution is -2.54. The smallest absolute Gasteiger partial charge is 0.256 e. The van der Waals surface area contributed by atoms with Gasteiger partial charge < -0.3 is 10.1 Å². The van der Waals surface area contributed by atoms with Crippen molar-refractivity contribution in [2.75, 3.05) is 5.32 Å². The van der Waals surface area contributed by atoms with E-state index in [0.29, 0.717) is 29.2 Å². The van der Waals surface area contributed by atoms with Crippen LogP contribution in [0.4, 0.5) is 5.69 Å². The molecular weight excluding hydrogens is 486 g/mol. The second-order valence-corrected chi connectivity index (χ2v) is 9.37. The summed E-state index contributed by atoms with van der Waals surface area (Å²) in [6.45, 7) is 2.22. The van der Waals surface area contributed by atoms with Gasteiger partial charge in [-0.2, -0.15) is 0 Å². The van der Waals surface area contributed by atoms with Gasteiger partial charge in [0.05, 0.1) is 5.92 Å². The van der Waals surface area contributed by atoms with Gasteiger partial charge in [-0.3, -0.25) is 20.2 Å². The molecule has 0 radical (unpaired) electrons. The van der Waals surface area contributed by atoms with Crippen molar-refractivity contribution in [1.82, 2.24) is 5.32 Å². The first-order valence-electron chi connectivity index (χ1n) is 10.7. The van der Waals surface area contributed by atoms with Crippen LogP contribution in [-0.2, 0) is 16.9 Å². The molecule has 0 aromatic heterocycles. The summed E-state index contributed by atoms with van der Waals surface area (Å²) in [6, 6.07) is 20.8. The van der Waals surface area contributed by atoms with Crippen LogP contribution in [-0.4, -0.2) is 22.9 Å². The predicted octanol–water partition coefficient (Wildman–Crippen LogP) is 4.60. The molecule has 0 saturated carbocycles. The lowest BCUT2D eigenvalue weighted by Gasteiger charge is -2.26. The number of nitrogens with zero attached hydrogens (tertiary/aromatic N) is 1. The first kappa shape index (κ1) is 21.6. The highest BCUT2D eigenvalue weighted by molar-refractivity contribution is 9.10. The normalized spacial score (nSPS) is 25.6. The number of nitro groups is 1. The fraction of sp³-hybridized carbons (Fsp3) is 0.240. The third kappa shape index (κ3) is 3.50. The summed E-state index contributed by atoms with van der Waals surface area (Å²) >= 11 is 3.50. The summed E-state index contributed by atoms with van der Waals surface area (Å²) < 4.78 is 6.93. The van der Waals surface area contributed by atoms with Crippen LogP contribution in [0.3, 0.4) is 0 Å². The Kier molecular flexibility index (Phi) is 5.42. The number of benzene rings is 3. The average molecular weight is 508 g/mol. The van der Waals surface area contributed by atoms with Gasteiger partial charge in [0.25, 0.3) is 11.9 Å². The molecule has 0 bridgehead atoms. The highest BCUT2D eigenvalue weighted by Crippen LogP contribution is 2.51. The van der Waals surface area contributed by atoms with E-state index in [2.05, 4.69) is 26.6 Å². The van der Waals surface area contributed by atoms with Crippen LogP contribution in [0.2, 0.25) is 0 Å². The maximum Gasteiger partial charge on any atom is 0.256 e. The summed E-state index contributed by atoms with van der Waals surface area (Å²) in [5.41, 5.74) is 1.44. The zero-order chi connectivity index (χ0) is 23.2. The quantitative estimate of drug-likeness (QED) is 0.388. The molecule has 1 spiro atoms. The Balaban J connectivity index is 1.59. The molecule has 0 aliphatic carbocycles. The molecule has 1 amide bonds. The van der Waals surface area contributed by atoms with Gasteiger partial charge in [-0.05, 0) is 36.8 Å². The second kappa shape index (κ2) is 8.28. The molecule has 1 fully saturated rings. The number of carbonyl (C=O) groups is 1. The first-order valence-corrected chi connectivity index (χ1v) is 11.5. The number of fused-ring (bicyclic) bond motifs is 2. The van der Waals surface area contributed by atoms with Crippen LogP contribution in [0, 0.1) is 10.1 Å². The minimum atomic E-state index is -1.46. The number of rotatable bonds is 5. The molecular formula is C25H22BrN3O4. The number of hydrogen-bond acceptors (Lipinski definition) is 5. The number of nitrogens with one attached hydrogen (secondary N) is 2. The Morgan fingerprint density at radius 1 is 1.09 bits per heavy atom. The molecule has 7 nitrogen and oxygen atoms in total. The summed E-state index contributed by atoms with van der Waals surface area (Å²) in [7, 11) is 0. The highest BCUT2D eigenvalue weighted by atomic mass is 79.9. The van der Waals surface area contributed by atoms with Gasteiger partial charge in [0.2, 0.25) is 0 Å². The SMILES string of the molecule is C[C@@H]1N[C@]2(C(=O)Nc3ccccc32)[C@H]([N+](=O)[O-])[C@@H]1c1cc(Br)ccc1OCc1ccccc1. The largest absolute Gasteiger partial charge is 0.489 e. The van der Waals surface area contributed by atoms with E-state index in [4.69, 9.17) is 4.74 Å². The molecule has 3 aromatic carbocycles. The fourth-order valence-electron chi connectivity index (χ4n) is 5.17. The van der Waals surface area contributed by atoms with Gasteiger partial charge in [0.15, 0.2) is 5.54 Å². The van der Waals surface area contributed by atoms with E-state index in [1.54, 1.807) is 24.3 Å². The van der Waals surface area contributed by atoms with Crippen LogP contribution in [0.15, 0.2) is 77.3 Å². The number of para-hydroxylation sites is 1. The minimum Gasteiger partial charge on any atom is -0.489 e. The van der Waals surface area contributed by atoms with Crippen molar-refractivity contribution in [1.29, 1.82) is 0 Å². The molecule has 33 heavy (non-hydrogen) atoms. The standard InChI is InChI=1S/C25H22BrN3O4/c1-15-22(18-13-17(26)11-12-21(18)33-14-16-7-3-2-4-8-16)23(29(31)32)25(28-15)19-9-5-6-10-20(19)27-24(25)30/h2-13,15,22-23,28H,14H2,1H3,(H,27,30)/t15-,22-,23+,25-/m0/s1. The van der Waals surface area contributed by atoms with Gasteiger partial charge in [-0.15, -0.1) is 0 Å². The first-order chi connectivity index (χ1) is 15.9. The molecule has 168 valence electrons. The zero-order valence-corrected chi connectivity index (χ0v) is 19.4. The summed E-state index contributed by atoms with van der Waals surface area (Å²) in [4.78, 5) is 25.5. The van der Waals surface area contributed by atoms with E-state index in [-0.39, 0.29) is 11.0 Å². The van der Waals surface area contributed by atoms with E-state index in [0.717, 1.165) is 10.0 Å². The summed E-state index contributed by atoms with van der Waals surface area (Å²) in [6.07, 6.45) is 0. The Bertz CT molecular complexity index is 1240. The van der Waals surface area contributed by atoms with Crippen molar-refractivity contribution >= 4 is 27.5 Å². The van der Waals surface area contributed by atoms with E-state index in [1.807, 2.05) is 55.5 Å². The number of halogens is 1. The fourth-order valence-corrected chi connectivity index (χ4v) is 5.55. The molecule has 2 aliphatic heterocycles. The van der Waals surface area contributed by atoms with Crippen molar-refractivity contribution in [3.8, 4) is 5.75 Å². The second-order valence-electron chi connectivity index (χ2n) is 8.45. The van der Waals surface area contributed by atoms with Crippen LogP contribution in [0.1, 0.15) is 29.5 Å². The van der Waals surface area contributed by atoms with Crippen LogP contribution in [0.5, 0.6) is 5.75 Å². The van der Waals surface area contributed by atoms with Crippen molar-refractivity contribution in [3.05, 3.63) is 104 Å². The van der Waals surface area contributed by atoms with Gasteiger partial charge in [0.1, 0.15) is 12.4 Å². The van der Waals surface area contributed by atoms with E-state index < -0.39 is 23.4 Å². The number of amides is 1. The Morgan fingerprint density at radius 3 is 2.58 bits per heavy atom. The molecule has 2 heterocycles. The molecule has 8 heteroatoms. The minimum absolute atomic E-state index is 0.329. The maximum atomic E-state index is 13.2. The lowest BCUT2D eigenvalue weighted by atomic mass is 9.78. The van der Waals surface area contributed by atoms with E-state index in [1.165, 1.54) is 0 Å². The third-order valence-corrected chi connectivity index (χ3v) is 7.02. The highest BCUT2D eigenvalue weighted by Gasteiger charge is 2.68. The van der Waals surface area contributed by atoms with Crippen molar-refractivity contribution in [2.24, 2.45) is 0 Å². The summed E-state index contributed by atoms with van der Waals surface area (Å²) in [5.74, 6) is -0.432. The van der Waals surface area contributed by atoms with Gasteiger partial charge in [0, 0.05) is 32.3 Å². The lowest BCUT2D eigenvalue weighted by molar-refractivity contribution is -0.532. The molecule has 2 aliphatic rings. The molecule has 1 saturated heterocycles. The van der Waals surface area contributed by atoms with Gasteiger partial charge in [-0.1, -0.05) is 64.5 Å². The van der Waals surface area contributed by atoms with Crippen LogP contribution in [0.25, 0.3) is 0 Å².